The normalized spacial score (nSPS) is 10.5. The van der Waals surface area contributed by atoms with Gasteiger partial charge in [-0.05, 0) is 38.0 Å². The number of hydrogen-bond acceptors (Lipinski definition) is 3. The first-order valence-corrected chi connectivity index (χ1v) is 6.88. The largest absolute Gasteiger partial charge is 0.491 e. The highest BCUT2D eigenvalue weighted by molar-refractivity contribution is 5.40. The molecule has 0 saturated carbocycles. The molecule has 0 spiro atoms. The third kappa shape index (κ3) is 5.07. The van der Waals surface area contributed by atoms with E-state index in [1.54, 1.807) is 12.1 Å². The van der Waals surface area contributed by atoms with Gasteiger partial charge in [0.25, 0.3) is 0 Å². The Kier molecular flexibility index (Phi) is 7.26. The van der Waals surface area contributed by atoms with E-state index in [-0.39, 0.29) is 11.5 Å². The lowest BCUT2D eigenvalue weighted by molar-refractivity contribution is 0.117. The molecule has 0 N–H and O–H groups in total. The lowest BCUT2D eigenvalue weighted by atomic mass is 10.2. The van der Waals surface area contributed by atoms with Crippen LogP contribution in [0.2, 0.25) is 0 Å². The number of unbranched alkanes of at least 4 members (excludes halogenated alkanes) is 1. The lowest BCUT2D eigenvalue weighted by Crippen LogP contribution is -2.03. The van der Waals surface area contributed by atoms with Crippen LogP contribution in [0, 0.1) is 5.82 Å². The van der Waals surface area contributed by atoms with Gasteiger partial charge in [-0.3, -0.25) is 0 Å². The van der Waals surface area contributed by atoms with Gasteiger partial charge in [-0.25, -0.2) is 0 Å². The van der Waals surface area contributed by atoms with Crippen molar-refractivity contribution in [3.05, 3.63) is 23.5 Å². The van der Waals surface area contributed by atoms with E-state index in [0.717, 1.165) is 18.4 Å². The minimum atomic E-state index is -0.444. The lowest BCUT2D eigenvalue weighted by Gasteiger charge is -2.12. The van der Waals surface area contributed by atoms with Gasteiger partial charge in [0.2, 0.25) is 5.82 Å². The summed E-state index contributed by atoms with van der Waals surface area (Å²) in [5, 5.41) is 0. The zero-order valence-corrected chi connectivity index (χ0v) is 12.0. The molecule has 0 atom stereocenters. The fourth-order valence-electron chi connectivity index (χ4n) is 1.67. The van der Waals surface area contributed by atoms with Gasteiger partial charge in [0.15, 0.2) is 11.5 Å². The van der Waals surface area contributed by atoms with E-state index in [9.17, 15) is 4.39 Å². The van der Waals surface area contributed by atoms with Crippen molar-refractivity contribution < 1.29 is 18.6 Å². The second kappa shape index (κ2) is 8.75. The molecular formula is C15H23FO3. The first kappa shape index (κ1) is 15.8. The van der Waals surface area contributed by atoms with Crippen LogP contribution in [0.1, 0.15) is 39.2 Å². The highest BCUT2D eigenvalue weighted by atomic mass is 19.1. The van der Waals surface area contributed by atoms with Gasteiger partial charge in [-0.15, -0.1) is 0 Å². The van der Waals surface area contributed by atoms with Crippen molar-refractivity contribution in [1.82, 2.24) is 0 Å². The Balaban J connectivity index is 2.78. The van der Waals surface area contributed by atoms with Gasteiger partial charge in [0.05, 0.1) is 19.8 Å². The van der Waals surface area contributed by atoms with Crippen molar-refractivity contribution in [2.45, 2.75) is 40.2 Å². The molecule has 4 heteroatoms. The molecule has 0 aromatic heterocycles. The molecule has 0 amide bonds. The number of rotatable bonds is 9. The molecule has 0 aliphatic heterocycles. The van der Waals surface area contributed by atoms with Gasteiger partial charge in [-0.2, -0.15) is 4.39 Å². The van der Waals surface area contributed by atoms with Crippen LogP contribution in [0.15, 0.2) is 12.1 Å². The molecule has 0 heterocycles. The Bertz CT molecular complexity index is 353. The maximum atomic E-state index is 14.0. The zero-order chi connectivity index (χ0) is 14.1. The number of halogens is 1. The molecule has 3 nitrogen and oxygen atoms in total. The third-order valence-electron chi connectivity index (χ3n) is 2.58. The molecule has 1 rings (SSSR count). The molecule has 0 bridgehead atoms. The quantitative estimate of drug-likeness (QED) is 0.636. The summed E-state index contributed by atoms with van der Waals surface area (Å²) in [6.45, 7) is 7.75. The fraction of sp³-hybridized carbons (Fsp3) is 0.600. The van der Waals surface area contributed by atoms with Crippen molar-refractivity contribution in [3.8, 4) is 11.5 Å². The van der Waals surface area contributed by atoms with Crippen LogP contribution in [0.4, 0.5) is 4.39 Å². The van der Waals surface area contributed by atoms with E-state index in [1.807, 2.05) is 13.8 Å². The SMILES string of the molecule is CCCCOCc1cc(OCC)c(F)c(OCC)c1. The fourth-order valence-corrected chi connectivity index (χ4v) is 1.67. The average Bonchev–Trinajstić information content (AvgIpc) is 2.40. The summed E-state index contributed by atoms with van der Waals surface area (Å²) in [7, 11) is 0. The second-order valence-electron chi connectivity index (χ2n) is 4.18. The molecule has 1 aromatic carbocycles. The van der Waals surface area contributed by atoms with E-state index in [4.69, 9.17) is 14.2 Å². The van der Waals surface area contributed by atoms with Crippen LogP contribution in [0.5, 0.6) is 11.5 Å². The Morgan fingerprint density at radius 3 is 2.05 bits per heavy atom. The maximum Gasteiger partial charge on any atom is 0.206 e. The predicted molar refractivity (Wildman–Crippen MR) is 73.3 cm³/mol. The highest BCUT2D eigenvalue weighted by Crippen LogP contribution is 2.29. The van der Waals surface area contributed by atoms with E-state index < -0.39 is 5.82 Å². The number of ether oxygens (including phenoxy) is 3. The van der Waals surface area contributed by atoms with E-state index in [1.165, 1.54) is 0 Å². The Hall–Kier alpha value is -1.29. The predicted octanol–water partition coefficient (Wildman–Crippen LogP) is 3.94. The monoisotopic (exact) mass is 270 g/mol. The van der Waals surface area contributed by atoms with Crippen molar-refractivity contribution in [1.29, 1.82) is 0 Å². The van der Waals surface area contributed by atoms with Crippen LogP contribution in [-0.2, 0) is 11.3 Å². The number of benzene rings is 1. The van der Waals surface area contributed by atoms with Crippen LogP contribution >= 0.6 is 0 Å². The molecular weight excluding hydrogens is 247 g/mol. The van der Waals surface area contributed by atoms with E-state index >= 15 is 0 Å². The van der Waals surface area contributed by atoms with Gasteiger partial charge in [0.1, 0.15) is 0 Å². The molecule has 0 aliphatic rings. The summed E-state index contributed by atoms with van der Waals surface area (Å²) >= 11 is 0. The average molecular weight is 270 g/mol. The van der Waals surface area contributed by atoms with E-state index in [2.05, 4.69) is 6.92 Å². The molecule has 19 heavy (non-hydrogen) atoms. The smallest absolute Gasteiger partial charge is 0.206 e. The minimum absolute atomic E-state index is 0.225. The van der Waals surface area contributed by atoms with Gasteiger partial charge >= 0.3 is 0 Å². The summed E-state index contributed by atoms with van der Waals surface area (Å²) in [5.41, 5.74) is 0.865. The Morgan fingerprint density at radius 2 is 1.58 bits per heavy atom. The number of hydrogen-bond donors (Lipinski definition) is 0. The highest BCUT2D eigenvalue weighted by Gasteiger charge is 2.13. The minimum Gasteiger partial charge on any atom is -0.491 e. The zero-order valence-electron chi connectivity index (χ0n) is 12.0. The van der Waals surface area contributed by atoms with Gasteiger partial charge in [-0.1, -0.05) is 13.3 Å². The van der Waals surface area contributed by atoms with Gasteiger partial charge < -0.3 is 14.2 Å². The van der Waals surface area contributed by atoms with E-state index in [0.29, 0.717) is 26.4 Å². The van der Waals surface area contributed by atoms with Crippen molar-refractivity contribution in [3.63, 3.8) is 0 Å². The first-order chi connectivity index (χ1) is 9.22. The van der Waals surface area contributed by atoms with Crippen LogP contribution in [-0.4, -0.2) is 19.8 Å². The molecule has 0 aliphatic carbocycles. The van der Waals surface area contributed by atoms with Crippen molar-refractivity contribution in [2.75, 3.05) is 19.8 Å². The molecule has 108 valence electrons. The summed E-state index contributed by atoms with van der Waals surface area (Å²) in [6.07, 6.45) is 2.12. The van der Waals surface area contributed by atoms with Crippen LogP contribution in [0.3, 0.4) is 0 Å². The molecule has 0 saturated heterocycles. The van der Waals surface area contributed by atoms with Gasteiger partial charge in [0, 0.05) is 6.61 Å². The molecule has 0 radical (unpaired) electrons. The van der Waals surface area contributed by atoms with Crippen LogP contribution in [0.25, 0.3) is 0 Å². The maximum absolute atomic E-state index is 14.0. The summed E-state index contributed by atoms with van der Waals surface area (Å²) in [6, 6.07) is 3.35. The third-order valence-corrected chi connectivity index (χ3v) is 2.58. The molecule has 0 fully saturated rings. The Labute approximate surface area is 114 Å². The summed E-state index contributed by atoms with van der Waals surface area (Å²) in [5.74, 6) is 0.00564. The summed E-state index contributed by atoms with van der Waals surface area (Å²) < 4.78 is 30.1. The molecule has 1 aromatic rings. The molecule has 0 unspecified atom stereocenters. The van der Waals surface area contributed by atoms with Crippen molar-refractivity contribution in [2.24, 2.45) is 0 Å². The van der Waals surface area contributed by atoms with Crippen LogP contribution < -0.4 is 9.47 Å². The van der Waals surface area contributed by atoms with Crippen molar-refractivity contribution >= 4 is 0 Å². The Morgan fingerprint density at radius 1 is 1.00 bits per heavy atom. The topological polar surface area (TPSA) is 27.7 Å². The summed E-state index contributed by atoms with van der Waals surface area (Å²) in [4.78, 5) is 0. The second-order valence-corrected chi connectivity index (χ2v) is 4.18. The standard InChI is InChI=1S/C15H23FO3/c1-4-7-8-17-11-12-9-13(18-5-2)15(16)14(10-12)19-6-3/h9-10H,4-8,11H2,1-3H3. The first-order valence-electron chi connectivity index (χ1n) is 6.88.